The molecule has 2 heterocycles. The van der Waals surface area contributed by atoms with Gasteiger partial charge in [0, 0.05) is 23.3 Å². The molecule has 3 rings (SSSR count). The smallest absolute Gasteiger partial charge is 0.150 e. The van der Waals surface area contributed by atoms with E-state index in [1.54, 1.807) is 6.07 Å². The van der Waals surface area contributed by atoms with Gasteiger partial charge in [0.1, 0.15) is 15.7 Å². The standard InChI is InChI=1S/C17H21FN2O2S/c1-11-12(2)20-16-4-3-14(18)9-15(16)17(11)19-10-13-5-7-23(21,22)8-6-13/h3-4,9,13H,5-8,10H2,1-2H3,(H,19,20). The predicted octanol–water partition coefficient (Wildman–Crippen LogP) is 3.23. The Kier molecular flexibility index (Phi) is 4.27. The van der Waals surface area contributed by atoms with E-state index >= 15 is 0 Å². The average Bonchev–Trinajstić information content (AvgIpc) is 2.50. The van der Waals surface area contributed by atoms with Gasteiger partial charge >= 0.3 is 0 Å². The summed E-state index contributed by atoms with van der Waals surface area (Å²) in [4.78, 5) is 4.50. The molecule has 0 radical (unpaired) electrons. The number of aryl methyl sites for hydroxylation is 1. The molecule has 0 amide bonds. The van der Waals surface area contributed by atoms with Crippen LogP contribution in [0.25, 0.3) is 10.9 Å². The first kappa shape index (κ1) is 16.2. The van der Waals surface area contributed by atoms with Crippen molar-refractivity contribution in [1.29, 1.82) is 0 Å². The molecule has 124 valence electrons. The van der Waals surface area contributed by atoms with E-state index < -0.39 is 9.84 Å². The summed E-state index contributed by atoms with van der Waals surface area (Å²) in [5.74, 6) is 0.580. The fraction of sp³-hybridized carbons (Fsp3) is 0.471. The molecule has 0 atom stereocenters. The van der Waals surface area contributed by atoms with Crippen molar-refractivity contribution in [3.8, 4) is 0 Å². The van der Waals surface area contributed by atoms with E-state index in [4.69, 9.17) is 0 Å². The lowest BCUT2D eigenvalue weighted by molar-refractivity contribution is 0.484. The second-order valence-corrected chi connectivity index (χ2v) is 8.64. The Labute approximate surface area is 136 Å². The first-order valence-electron chi connectivity index (χ1n) is 7.86. The molecular weight excluding hydrogens is 315 g/mol. The molecule has 23 heavy (non-hydrogen) atoms. The zero-order chi connectivity index (χ0) is 16.6. The summed E-state index contributed by atoms with van der Waals surface area (Å²) in [6, 6.07) is 4.61. The quantitative estimate of drug-likeness (QED) is 0.935. The number of pyridine rings is 1. The van der Waals surface area contributed by atoms with E-state index in [0.29, 0.717) is 25.3 Å². The van der Waals surface area contributed by atoms with E-state index in [1.165, 1.54) is 12.1 Å². The minimum Gasteiger partial charge on any atom is -0.384 e. The summed E-state index contributed by atoms with van der Waals surface area (Å²) >= 11 is 0. The van der Waals surface area contributed by atoms with Crippen LogP contribution in [0.5, 0.6) is 0 Å². The largest absolute Gasteiger partial charge is 0.384 e. The summed E-state index contributed by atoms with van der Waals surface area (Å²) < 4.78 is 36.6. The van der Waals surface area contributed by atoms with Crippen LogP contribution in [0.1, 0.15) is 24.1 Å². The van der Waals surface area contributed by atoms with Crippen molar-refractivity contribution in [2.24, 2.45) is 5.92 Å². The van der Waals surface area contributed by atoms with Gasteiger partial charge in [-0.05, 0) is 56.4 Å². The molecule has 2 aromatic rings. The molecule has 0 saturated carbocycles. The van der Waals surface area contributed by atoms with Gasteiger partial charge in [0.25, 0.3) is 0 Å². The maximum atomic E-state index is 13.6. The Morgan fingerprint density at radius 1 is 1.26 bits per heavy atom. The molecule has 4 nitrogen and oxygen atoms in total. The van der Waals surface area contributed by atoms with E-state index in [1.807, 2.05) is 13.8 Å². The van der Waals surface area contributed by atoms with Crippen molar-refractivity contribution in [1.82, 2.24) is 4.98 Å². The molecule has 1 aromatic heterocycles. The molecule has 1 aliphatic rings. The lowest BCUT2D eigenvalue weighted by atomic mass is 10.0. The van der Waals surface area contributed by atoms with Crippen molar-refractivity contribution >= 4 is 26.4 Å². The second-order valence-electron chi connectivity index (χ2n) is 6.33. The Bertz CT molecular complexity index is 835. The van der Waals surface area contributed by atoms with Crippen LogP contribution in [0, 0.1) is 25.6 Å². The highest BCUT2D eigenvalue weighted by Crippen LogP contribution is 2.29. The van der Waals surface area contributed by atoms with E-state index in [9.17, 15) is 12.8 Å². The van der Waals surface area contributed by atoms with Crippen LogP contribution in [-0.2, 0) is 9.84 Å². The van der Waals surface area contributed by atoms with Crippen molar-refractivity contribution < 1.29 is 12.8 Å². The number of nitrogens with one attached hydrogen (secondary N) is 1. The molecule has 1 aliphatic heterocycles. The van der Waals surface area contributed by atoms with Gasteiger partial charge in [-0.1, -0.05) is 0 Å². The zero-order valence-corrected chi connectivity index (χ0v) is 14.2. The van der Waals surface area contributed by atoms with E-state index in [-0.39, 0.29) is 17.3 Å². The minimum absolute atomic E-state index is 0.267. The molecule has 0 unspecified atom stereocenters. The maximum absolute atomic E-state index is 13.6. The van der Waals surface area contributed by atoms with Crippen LogP contribution < -0.4 is 5.32 Å². The van der Waals surface area contributed by atoms with Gasteiger partial charge < -0.3 is 5.32 Å². The summed E-state index contributed by atoms with van der Waals surface area (Å²) in [6.45, 7) is 4.61. The average molecular weight is 336 g/mol. The van der Waals surface area contributed by atoms with Gasteiger partial charge in [0.15, 0.2) is 0 Å². The van der Waals surface area contributed by atoms with Crippen molar-refractivity contribution in [3.05, 3.63) is 35.3 Å². The third-order valence-electron chi connectivity index (χ3n) is 4.68. The number of fused-ring (bicyclic) bond motifs is 1. The summed E-state index contributed by atoms with van der Waals surface area (Å²) in [5.41, 5.74) is 3.59. The van der Waals surface area contributed by atoms with Crippen LogP contribution >= 0.6 is 0 Å². The molecular formula is C17H21FN2O2S. The summed E-state index contributed by atoms with van der Waals surface area (Å²) in [5, 5.41) is 4.19. The lowest BCUT2D eigenvalue weighted by Crippen LogP contribution is -2.27. The third-order valence-corrected chi connectivity index (χ3v) is 6.39. The van der Waals surface area contributed by atoms with Gasteiger partial charge in [-0.2, -0.15) is 0 Å². The molecule has 1 aromatic carbocycles. The fourth-order valence-electron chi connectivity index (χ4n) is 3.07. The predicted molar refractivity (Wildman–Crippen MR) is 91.0 cm³/mol. The highest BCUT2D eigenvalue weighted by molar-refractivity contribution is 7.91. The number of nitrogens with zero attached hydrogens (tertiary/aromatic N) is 1. The Hall–Kier alpha value is -1.69. The van der Waals surface area contributed by atoms with Gasteiger partial charge in [0.2, 0.25) is 0 Å². The Morgan fingerprint density at radius 3 is 2.65 bits per heavy atom. The van der Waals surface area contributed by atoms with Crippen LogP contribution in [0.2, 0.25) is 0 Å². The molecule has 0 bridgehead atoms. The summed E-state index contributed by atoms with van der Waals surface area (Å²) in [7, 11) is -2.84. The van der Waals surface area contributed by atoms with E-state index in [0.717, 1.165) is 27.8 Å². The minimum atomic E-state index is -2.84. The SMILES string of the molecule is Cc1nc2ccc(F)cc2c(NCC2CCS(=O)(=O)CC2)c1C. The lowest BCUT2D eigenvalue weighted by Gasteiger charge is -2.24. The number of benzene rings is 1. The van der Waals surface area contributed by atoms with Crippen molar-refractivity contribution in [2.45, 2.75) is 26.7 Å². The third kappa shape index (κ3) is 3.47. The highest BCUT2D eigenvalue weighted by atomic mass is 32.2. The summed E-state index contributed by atoms with van der Waals surface area (Å²) in [6.07, 6.45) is 1.37. The maximum Gasteiger partial charge on any atom is 0.150 e. The normalized spacial score (nSPS) is 18.2. The number of rotatable bonds is 3. The molecule has 1 fully saturated rings. The van der Waals surface area contributed by atoms with Crippen LogP contribution in [0.15, 0.2) is 18.2 Å². The monoisotopic (exact) mass is 336 g/mol. The molecule has 0 aliphatic carbocycles. The number of sulfone groups is 1. The first-order valence-corrected chi connectivity index (χ1v) is 9.68. The van der Waals surface area contributed by atoms with Gasteiger partial charge in [0.05, 0.1) is 17.0 Å². The topological polar surface area (TPSA) is 59.1 Å². The zero-order valence-electron chi connectivity index (χ0n) is 13.4. The number of anilines is 1. The fourth-order valence-corrected chi connectivity index (χ4v) is 4.66. The number of aromatic nitrogens is 1. The number of halogens is 1. The van der Waals surface area contributed by atoms with E-state index in [2.05, 4.69) is 10.3 Å². The van der Waals surface area contributed by atoms with Gasteiger partial charge in [-0.25, -0.2) is 12.8 Å². The van der Waals surface area contributed by atoms with Crippen molar-refractivity contribution in [3.63, 3.8) is 0 Å². The Balaban J connectivity index is 1.85. The Morgan fingerprint density at radius 2 is 1.96 bits per heavy atom. The van der Waals surface area contributed by atoms with Crippen LogP contribution in [-0.4, -0.2) is 31.5 Å². The molecule has 0 spiro atoms. The number of hydrogen-bond donors (Lipinski definition) is 1. The van der Waals surface area contributed by atoms with Crippen LogP contribution in [0.4, 0.5) is 10.1 Å². The van der Waals surface area contributed by atoms with Gasteiger partial charge in [-0.15, -0.1) is 0 Å². The van der Waals surface area contributed by atoms with Crippen molar-refractivity contribution in [2.75, 3.05) is 23.4 Å². The van der Waals surface area contributed by atoms with Gasteiger partial charge in [-0.3, -0.25) is 4.98 Å². The molecule has 1 saturated heterocycles. The first-order chi connectivity index (χ1) is 10.9. The van der Waals surface area contributed by atoms with Crippen LogP contribution in [0.3, 0.4) is 0 Å². The molecule has 6 heteroatoms. The molecule has 1 N–H and O–H groups in total. The highest BCUT2D eigenvalue weighted by Gasteiger charge is 2.23. The second kappa shape index (κ2) is 6.07. The number of hydrogen-bond acceptors (Lipinski definition) is 4.